The summed E-state index contributed by atoms with van der Waals surface area (Å²) in [6.45, 7) is 0.134. The molecule has 3 N–H and O–H groups in total. The maximum absolute atomic E-state index is 11.5. The molecule has 7 heteroatoms. The van der Waals surface area contributed by atoms with Gasteiger partial charge in [0.15, 0.2) is 0 Å². The lowest BCUT2D eigenvalue weighted by Crippen LogP contribution is -2.32. The first kappa shape index (κ1) is 12.5. The van der Waals surface area contributed by atoms with E-state index in [-0.39, 0.29) is 6.54 Å². The number of hydrogen-bond acceptors (Lipinski definition) is 5. The van der Waals surface area contributed by atoms with Crippen molar-refractivity contribution in [2.24, 2.45) is 0 Å². The SMILES string of the molecule is O=C(NC[C@H](O)c1ccccc1)Nc1nncs1. The van der Waals surface area contributed by atoms with Crippen LogP contribution in [0.4, 0.5) is 9.93 Å². The van der Waals surface area contributed by atoms with Gasteiger partial charge in [0.2, 0.25) is 5.13 Å². The Bertz CT molecular complexity index is 489. The Balaban J connectivity index is 1.79. The number of nitrogens with one attached hydrogen (secondary N) is 2. The van der Waals surface area contributed by atoms with Crippen molar-refractivity contribution in [3.8, 4) is 0 Å². The topological polar surface area (TPSA) is 87.1 Å². The molecule has 0 unspecified atom stereocenters. The molecule has 1 heterocycles. The fraction of sp³-hybridized carbons (Fsp3) is 0.182. The molecule has 0 aliphatic heterocycles. The van der Waals surface area contributed by atoms with E-state index in [4.69, 9.17) is 0 Å². The first-order chi connectivity index (χ1) is 8.75. The molecule has 0 saturated heterocycles. The minimum absolute atomic E-state index is 0.134. The van der Waals surface area contributed by atoms with E-state index in [1.54, 1.807) is 12.1 Å². The first-order valence-corrected chi connectivity index (χ1v) is 6.17. The van der Waals surface area contributed by atoms with Crippen LogP contribution >= 0.6 is 11.3 Å². The standard InChI is InChI=1S/C11H12N4O2S/c16-9(8-4-2-1-3-5-8)6-12-10(17)14-11-15-13-7-18-11/h1-5,7,9,16H,6H2,(H2,12,14,15,17)/t9-/m0/s1. The highest BCUT2D eigenvalue weighted by Crippen LogP contribution is 2.11. The molecule has 0 fully saturated rings. The largest absolute Gasteiger partial charge is 0.387 e. The van der Waals surface area contributed by atoms with Crippen molar-refractivity contribution in [1.29, 1.82) is 0 Å². The minimum Gasteiger partial charge on any atom is -0.387 e. The van der Waals surface area contributed by atoms with Gasteiger partial charge < -0.3 is 10.4 Å². The van der Waals surface area contributed by atoms with Crippen LogP contribution in [0.2, 0.25) is 0 Å². The van der Waals surface area contributed by atoms with Crippen molar-refractivity contribution in [2.75, 3.05) is 11.9 Å². The second-order valence-electron chi connectivity index (χ2n) is 3.51. The van der Waals surface area contributed by atoms with Gasteiger partial charge in [-0.05, 0) is 5.56 Å². The van der Waals surface area contributed by atoms with Crippen LogP contribution in [-0.4, -0.2) is 27.9 Å². The molecule has 2 aromatic rings. The van der Waals surface area contributed by atoms with Gasteiger partial charge in [0.05, 0.1) is 6.10 Å². The molecule has 18 heavy (non-hydrogen) atoms. The highest BCUT2D eigenvalue weighted by molar-refractivity contribution is 7.13. The van der Waals surface area contributed by atoms with Gasteiger partial charge in [-0.1, -0.05) is 41.7 Å². The van der Waals surface area contributed by atoms with Crippen LogP contribution in [0, 0.1) is 0 Å². The lowest BCUT2D eigenvalue weighted by atomic mass is 10.1. The summed E-state index contributed by atoms with van der Waals surface area (Å²) in [6.07, 6.45) is -0.730. The number of aliphatic hydroxyl groups is 1. The lowest BCUT2D eigenvalue weighted by molar-refractivity contribution is 0.175. The van der Waals surface area contributed by atoms with Crippen LogP contribution in [0.3, 0.4) is 0 Å². The van der Waals surface area contributed by atoms with Gasteiger partial charge in [-0.3, -0.25) is 5.32 Å². The highest BCUT2D eigenvalue weighted by atomic mass is 32.1. The maximum atomic E-state index is 11.5. The molecule has 0 aliphatic carbocycles. The van der Waals surface area contributed by atoms with Crippen molar-refractivity contribution < 1.29 is 9.90 Å². The summed E-state index contributed by atoms with van der Waals surface area (Å²) < 4.78 is 0. The monoisotopic (exact) mass is 264 g/mol. The van der Waals surface area contributed by atoms with Crippen molar-refractivity contribution in [2.45, 2.75) is 6.10 Å². The fourth-order valence-corrected chi connectivity index (χ4v) is 1.79. The van der Waals surface area contributed by atoms with E-state index in [0.717, 1.165) is 5.56 Å². The van der Waals surface area contributed by atoms with Crippen LogP contribution in [0.1, 0.15) is 11.7 Å². The molecule has 1 atom stereocenters. The first-order valence-electron chi connectivity index (χ1n) is 5.30. The molecule has 1 aromatic heterocycles. The maximum Gasteiger partial charge on any atom is 0.321 e. The average molecular weight is 264 g/mol. The van der Waals surface area contributed by atoms with Crippen LogP contribution < -0.4 is 10.6 Å². The Morgan fingerprint density at radius 1 is 1.39 bits per heavy atom. The van der Waals surface area contributed by atoms with Crippen LogP contribution in [0.15, 0.2) is 35.8 Å². The van der Waals surface area contributed by atoms with Crippen molar-refractivity contribution >= 4 is 22.5 Å². The van der Waals surface area contributed by atoms with Crippen LogP contribution in [0.5, 0.6) is 0 Å². The Kier molecular flexibility index (Phi) is 4.21. The van der Waals surface area contributed by atoms with Crippen molar-refractivity contribution in [3.05, 3.63) is 41.4 Å². The summed E-state index contributed by atoms with van der Waals surface area (Å²) in [6, 6.07) is 8.72. The number of aliphatic hydroxyl groups excluding tert-OH is 1. The number of amides is 2. The number of aromatic nitrogens is 2. The summed E-state index contributed by atoms with van der Waals surface area (Å²) in [5.74, 6) is 0. The van der Waals surface area contributed by atoms with E-state index in [2.05, 4.69) is 20.8 Å². The molecular formula is C11H12N4O2S. The Labute approximate surface area is 108 Å². The zero-order valence-corrected chi connectivity index (χ0v) is 10.2. The molecule has 94 valence electrons. The summed E-state index contributed by atoms with van der Waals surface area (Å²) in [4.78, 5) is 11.5. The molecular weight excluding hydrogens is 252 g/mol. The van der Waals surface area contributed by atoms with Gasteiger partial charge in [0.25, 0.3) is 0 Å². The number of rotatable bonds is 4. The zero-order valence-electron chi connectivity index (χ0n) is 9.41. The Hall–Kier alpha value is -1.99. The van der Waals surface area contributed by atoms with E-state index in [9.17, 15) is 9.90 Å². The molecule has 0 radical (unpaired) electrons. The molecule has 0 bridgehead atoms. The van der Waals surface area contributed by atoms with E-state index >= 15 is 0 Å². The number of benzene rings is 1. The molecule has 6 nitrogen and oxygen atoms in total. The smallest absolute Gasteiger partial charge is 0.321 e. The molecule has 0 aliphatic rings. The van der Waals surface area contributed by atoms with Gasteiger partial charge in [-0.2, -0.15) is 0 Å². The summed E-state index contributed by atoms with van der Waals surface area (Å²) in [5, 5.41) is 22.6. The van der Waals surface area contributed by atoms with Crippen molar-refractivity contribution in [3.63, 3.8) is 0 Å². The van der Waals surface area contributed by atoms with E-state index in [0.29, 0.717) is 5.13 Å². The third kappa shape index (κ3) is 3.51. The third-order valence-electron chi connectivity index (χ3n) is 2.22. The normalized spacial score (nSPS) is 11.8. The second kappa shape index (κ2) is 6.08. The van der Waals surface area contributed by atoms with E-state index in [1.807, 2.05) is 18.2 Å². The van der Waals surface area contributed by atoms with E-state index < -0.39 is 12.1 Å². The molecule has 2 rings (SSSR count). The number of hydrogen-bond donors (Lipinski definition) is 3. The van der Waals surface area contributed by atoms with Gasteiger partial charge in [-0.15, -0.1) is 10.2 Å². The number of carbonyl (C=O) groups excluding carboxylic acids is 1. The fourth-order valence-electron chi connectivity index (χ4n) is 1.35. The quantitative estimate of drug-likeness (QED) is 0.779. The van der Waals surface area contributed by atoms with Gasteiger partial charge >= 0.3 is 6.03 Å². The molecule has 2 amide bonds. The predicted octanol–water partition coefficient (Wildman–Crippen LogP) is 1.39. The number of nitrogens with zero attached hydrogens (tertiary/aromatic N) is 2. The van der Waals surface area contributed by atoms with Crippen LogP contribution in [0.25, 0.3) is 0 Å². The number of carbonyl (C=O) groups is 1. The van der Waals surface area contributed by atoms with Gasteiger partial charge in [0.1, 0.15) is 5.51 Å². The molecule has 0 saturated carbocycles. The van der Waals surface area contributed by atoms with E-state index in [1.165, 1.54) is 16.8 Å². The zero-order chi connectivity index (χ0) is 12.8. The summed E-state index contributed by atoms with van der Waals surface area (Å²) in [5.41, 5.74) is 2.28. The third-order valence-corrected chi connectivity index (χ3v) is 2.83. The van der Waals surface area contributed by atoms with Gasteiger partial charge in [0, 0.05) is 6.54 Å². The van der Waals surface area contributed by atoms with Crippen LogP contribution in [-0.2, 0) is 0 Å². The second-order valence-corrected chi connectivity index (χ2v) is 4.34. The lowest BCUT2D eigenvalue weighted by Gasteiger charge is -2.11. The number of anilines is 1. The predicted molar refractivity (Wildman–Crippen MR) is 68.3 cm³/mol. The van der Waals surface area contributed by atoms with Gasteiger partial charge in [-0.25, -0.2) is 4.79 Å². The average Bonchev–Trinajstić information content (AvgIpc) is 2.90. The Morgan fingerprint density at radius 3 is 2.83 bits per heavy atom. The molecule has 1 aromatic carbocycles. The molecule has 0 spiro atoms. The summed E-state index contributed by atoms with van der Waals surface area (Å²) in [7, 11) is 0. The van der Waals surface area contributed by atoms with Crippen molar-refractivity contribution in [1.82, 2.24) is 15.5 Å². The summed E-state index contributed by atoms with van der Waals surface area (Å²) >= 11 is 1.23. The minimum atomic E-state index is -0.730. The Morgan fingerprint density at radius 2 is 2.17 bits per heavy atom. The highest BCUT2D eigenvalue weighted by Gasteiger charge is 2.09. The number of urea groups is 1.